The van der Waals surface area contributed by atoms with Gasteiger partial charge in [0.1, 0.15) is 0 Å². The average molecular weight is 135 g/mol. The molecule has 0 aliphatic heterocycles. The fourth-order valence-electron chi connectivity index (χ4n) is 0.250. The molecule has 0 rings (SSSR count). The van der Waals surface area contributed by atoms with Crippen LogP contribution in [0.4, 0.5) is 0 Å². The second-order valence-corrected chi connectivity index (χ2v) is 1.40. The normalized spacial score (nSPS) is 8.00. The lowest BCUT2D eigenvalue weighted by molar-refractivity contribution is 0.186. The summed E-state index contributed by atoms with van der Waals surface area (Å²) in [6.45, 7) is 6.14. The molecule has 0 spiro atoms. The van der Waals surface area contributed by atoms with Crippen LogP contribution in [-0.4, -0.2) is 36.5 Å². The van der Waals surface area contributed by atoms with Gasteiger partial charge in [-0.05, 0) is 13.1 Å². The molecule has 0 fully saturated rings. The first-order chi connectivity index (χ1) is 4.33. The molecule has 0 amide bonds. The monoisotopic (exact) mass is 135 g/mol. The SMILES string of the molecule is CCNCC.OCCO. The summed E-state index contributed by atoms with van der Waals surface area (Å²) in [6, 6.07) is 0. The van der Waals surface area contributed by atoms with Crippen LogP contribution in [0.3, 0.4) is 0 Å². The first-order valence-corrected chi connectivity index (χ1v) is 3.25. The maximum atomic E-state index is 7.62. The fourth-order valence-corrected chi connectivity index (χ4v) is 0.250. The Morgan fingerprint density at radius 2 is 1.33 bits per heavy atom. The number of aliphatic hydroxyl groups is 2. The molecule has 0 saturated carbocycles. The van der Waals surface area contributed by atoms with Crippen LogP contribution in [0.5, 0.6) is 0 Å². The molecule has 58 valence electrons. The molecule has 0 unspecified atom stereocenters. The molecule has 0 atom stereocenters. The van der Waals surface area contributed by atoms with Crippen LogP contribution in [0.25, 0.3) is 0 Å². The third-order valence-electron chi connectivity index (χ3n) is 0.600. The smallest absolute Gasteiger partial charge is 0.0662 e. The highest BCUT2D eigenvalue weighted by Gasteiger charge is 1.62. The van der Waals surface area contributed by atoms with Crippen LogP contribution in [0, 0.1) is 0 Å². The average Bonchev–Trinajstić information content (AvgIpc) is 1.91. The van der Waals surface area contributed by atoms with E-state index in [1.807, 2.05) is 0 Å². The Balaban J connectivity index is 0. The zero-order valence-electron chi connectivity index (χ0n) is 6.22. The van der Waals surface area contributed by atoms with E-state index in [0.717, 1.165) is 13.1 Å². The molecular weight excluding hydrogens is 118 g/mol. The van der Waals surface area contributed by atoms with E-state index in [-0.39, 0.29) is 13.2 Å². The van der Waals surface area contributed by atoms with Crippen molar-refractivity contribution in [2.24, 2.45) is 0 Å². The Labute approximate surface area is 56.7 Å². The predicted molar refractivity (Wildman–Crippen MR) is 38.4 cm³/mol. The minimum atomic E-state index is -0.125. The Morgan fingerprint density at radius 3 is 1.33 bits per heavy atom. The largest absolute Gasteiger partial charge is 0.394 e. The summed E-state index contributed by atoms with van der Waals surface area (Å²) in [5.41, 5.74) is 0. The van der Waals surface area contributed by atoms with Gasteiger partial charge in [0.05, 0.1) is 13.2 Å². The summed E-state index contributed by atoms with van der Waals surface area (Å²) in [5, 5.41) is 18.4. The van der Waals surface area contributed by atoms with Gasteiger partial charge in [0.15, 0.2) is 0 Å². The van der Waals surface area contributed by atoms with Gasteiger partial charge in [0, 0.05) is 0 Å². The van der Waals surface area contributed by atoms with Crippen molar-refractivity contribution in [2.75, 3.05) is 26.3 Å². The molecule has 3 N–H and O–H groups in total. The molecule has 0 aliphatic carbocycles. The third-order valence-corrected chi connectivity index (χ3v) is 0.600. The van der Waals surface area contributed by atoms with E-state index in [9.17, 15) is 0 Å². The Hall–Kier alpha value is -0.120. The maximum absolute atomic E-state index is 7.62. The molecule has 3 heteroatoms. The van der Waals surface area contributed by atoms with Crippen molar-refractivity contribution in [1.82, 2.24) is 5.32 Å². The van der Waals surface area contributed by atoms with E-state index >= 15 is 0 Å². The molecule has 3 nitrogen and oxygen atoms in total. The lowest BCUT2D eigenvalue weighted by atomic mass is 10.7. The van der Waals surface area contributed by atoms with Crippen LogP contribution in [0.1, 0.15) is 13.8 Å². The number of nitrogens with one attached hydrogen (secondary N) is 1. The van der Waals surface area contributed by atoms with Crippen LogP contribution < -0.4 is 5.32 Å². The topological polar surface area (TPSA) is 52.5 Å². The van der Waals surface area contributed by atoms with E-state index in [4.69, 9.17) is 10.2 Å². The Morgan fingerprint density at radius 1 is 1.00 bits per heavy atom. The number of hydrogen-bond donors (Lipinski definition) is 3. The molecule has 0 heterocycles. The number of hydrogen-bond acceptors (Lipinski definition) is 3. The van der Waals surface area contributed by atoms with Gasteiger partial charge in [0.25, 0.3) is 0 Å². The molecule has 0 radical (unpaired) electrons. The van der Waals surface area contributed by atoms with Gasteiger partial charge in [-0.25, -0.2) is 0 Å². The second kappa shape index (κ2) is 15.7. The van der Waals surface area contributed by atoms with E-state index in [1.165, 1.54) is 0 Å². The Kier molecular flexibility index (Phi) is 20.3. The first-order valence-electron chi connectivity index (χ1n) is 3.25. The third kappa shape index (κ3) is 32.8. The molecule has 9 heavy (non-hydrogen) atoms. The van der Waals surface area contributed by atoms with Gasteiger partial charge >= 0.3 is 0 Å². The van der Waals surface area contributed by atoms with Crippen molar-refractivity contribution >= 4 is 0 Å². The summed E-state index contributed by atoms with van der Waals surface area (Å²) < 4.78 is 0. The lowest BCUT2D eigenvalue weighted by Crippen LogP contribution is -2.09. The van der Waals surface area contributed by atoms with Gasteiger partial charge in [-0.3, -0.25) is 0 Å². The molecule has 0 saturated heterocycles. The molecule has 0 aromatic carbocycles. The van der Waals surface area contributed by atoms with Crippen molar-refractivity contribution in [2.45, 2.75) is 13.8 Å². The maximum Gasteiger partial charge on any atom is 0.0662 e. The van der Waals surface area contributed by atoms with Gasteiger partial charge in [0.2, 0.25) is 0 Å². The fraction of sp³-hybridized carbons (Fsp3) is 1.00. The number of aliphatic hydroxyl groups excluding tert-OH is 2. The van der Waals surface area contributed by atoms with Gasteiger partial charge in [-0.1, -0.05) is 13.8 Å². The zero-order valence-corrected chi connectivity index (χ0v) is 6.22. The molecular formula is C6H17NO2. The molecule has 0 bridgehead atoms. The van der Waals surface area contributed by atoms with Crippen molar-refractivity contribution in [3.05, 3.63) is 0 Å². The Bertz CT molecular complexity index is 30.2. The minimum Gasteiger partial charge on any atom is -0.394 e. The molecule has 0 aromatic heterocycles. The lowest BCUT2D eigenvalue weighted by Gasteiger charge is -1.86. The second-order valence-electron chi connectivity index (χ2n) is 1.40. The van der Waals surface area contributed by atoms with Crippen molar-refractivity contribution < 1.29 is 10.2 Å². The van der Waals surface area contributed by atoms with E-state index in [0.29, 0.717) is 0 Å². The van der Waals surface area contributed by atoms with Crippen molar-refractivity contribution in [1.29, 1.82) is 0 Å². The highest BCUT2D eigenvalue weighted by molar-refractivity contribution is 4.27. The highest BCUT2D eigenvalue weighted by Crippen LogP contribution is 1.47. The van der Waals surface area contributed by atoms with Gasteiger partial charge < -0.3 is 15.5 Å². The standard InChI is InChI=1S/C4H11N.C2H6O2/c1-3-5-4-2;3-1-2-4/h5H,3-4H2,1-2H3;3-4H,1-2H2. The summed E-state index contributed by atoms with van der Waals surface area (Å²) in [5.74, 6) is 0. The summed E-state index contributed by atoms with van der Waals surface area (Å²) >= 11 is 0. The highest BCUT2D eigenvalue weighted by atomic mass is 16.3. The van der Waals surface area contributed by atoms with Crippen molar-refractivity contribution in [3.63, 3.8) is 0 Å². The van der Waals surface area contributed by atoms with Crippen molar-refractivity contribution in [3.8, 4) is 0 Å². The van der Waals surface area contributed by atoms with Crippen LogP contribution in [0.15, 0.2) is 0 Å². The summed E-state index contributed by atoms with van der Waals surface area (Å²) in [6.07, 6.45) is 0. The molecule has 0 aliphatic rings. The van der Waals surface area contributed by atoms with Gasteiger partial charge in [-0.15, -0.1) is 0 Å². The van der Waals surface area contributed by atoms with Crippen LogP contribution in [-0.2, 0) is 0 Å². The summed E-state index contributed by atoms with van der Waals surface area (Å²) in [7, 11) is 0. The van der Waals surface area contributed by atoms with E-state index < -0.39 is 0 Å². The predicted octanol–water partition coefficient (Wildman–Crippen LogP) is -0.413. The van der Waals surface area contributed by atoms with E-state index in [2.05, 4.69) is 19.2 Å². The quantitative estimate of drug-likeness (QED) is 0.493. The minimum absolute atomic E-state index is 0.125. The van der Waals surface area contributed by atoms with Crippen LogP contribution in [0.2, 0.25) is 0 Å². The number of rotatable bonds is 3. The summed E-state index contributed by atoms with van der Waals surface area (Å²) in [4.78, 5) is 0. The molecule has 0 aromatic rings. The van der Waals surface area contributed by atoms with Gasteiger partial charge in [-0.2, -0.15) is 0 Å². The van der Waals surface area contributed by atoms with E-state index in [1.54, 1.807) is 0 Å². The zero-order chi connectivity index (χ0) is 7.54. The van der Waals surface area contributed by atoms with Crippen LogP contribution >= 0.6 is 0 Å². The first kappa shape index (κ1) is 11.6.